The van der Waals surface area contributed by atoms with Crippen LogP contribution < -0.4 is 15.4 Å². The topological polar surface area (TPSA) is 85.2 Å². The second-order valence-corrected chi connectivity index (χ2v) is 8.12. The lowest BCUT2D eigenvalue weighted by molar-refractivity contribution is -0.121. The lowest BCUT2D eigenvalue weighted by Crippen LogP contribution is -2.29. The molecule has 1 aromatic heterocycles. The molecule has 0 unspecified atom stereocenters. The molecule has 4 aromatic rings. The number of hydrogen-bond acceptors (Lipinski definition) is 4. The van der Waals surface area contributed by atoms with Crippen LogP contribution in [-0.4, -0.2) is 35.0 Å². The molecular formula is C26H25ClN4O3. The van der Waals surface area contributed by atoms with Crippen LogP contribution in [0.5, 0.6) is 5.75 Å². The number of fused-ring (bicyclic) bond motifs is 1. The number of halogens is 1. The number of aromatic nitrogens is 2. The molecule has 0 fully saturated rings. The van der Waals surface area contributed by atoms with Crippen molar-refractivity contribution in [3.63, 3.8) is 0 Å². The summed E-state index contributed by atoms with van der Waals surface area (Å²) in [7, 11) is 1.62. The van der Waals surface area contributed by atoms with Crippen molar-refractivity contribution in [2.24, 2.45) is 0 Å². The molecule has 8 heteroatoms. The van der Waals surface area contributed by atoms with Gasteiger partial charge in [-0.05, 0) is 42.0 Å². The number of imidazole rings is 1. The Labute approximate surface area is 202 Å². The summed E-state index contributed by atoms with van der Waals surface area (Å²) in [5, 5.41) is 6.24. The highest BCUT2D eigenvalue weighted by atomic mass is 35.5. The maximum Gasteiger partial charge on any atom is 0.252 e. The van der Waals surface area contributed by atoms with Crippen LogP contribution in [0.25, 0.3) is 11.0 Å². The molecule has 4 rings (SSSR count). The molecule has 0 spiro atoms. The van der Waals surface area contributed by atoms with E-state index in [2.05, 4.69) is 15.6 Å². The van der Waals surface area contributed by atoms with Crippen molar-refractivity contribution in [3.8, 4) is 5.75 Å². The van der Waals surface area contributed by atoms with Crippen LogP contribution >= 0.6 is 11.6 Å². The number of rotatable bonds is 9. The molecule has 2 N–H and O–H groups in total. The Hall–Kier alpha value is -3.84. The van der Waals surface area contributed by atoms with Crippen molar-refractivity contribution >= 4 is 34.4 Å². The summed E-state index contributed by atoms with van der Waals surface area (Å²) in [5.41, 5.74) is 3.08. The first-order chi connectivity index (χ1) is 16.5. The predicted molar refractivity (Wildman–Crippen MR) is 132 cm³/mol. The standard InChI is InChI=1S/C26H25ClN4O3/c1-34-19-12-10-18(11-13-19)16-29-25(32)17-31-23-9-5-4-8-22(23)30-24(31)14-15-28-26(33)20-6-2-3-7-21(20)27/h2-13H,14-17H2,1H3,(H,28,33)(H,29,32). The zero-order valence-electron chi connectivity index (χ0n) is 18.8. The van der Waals surface area contributed by atoms with E-state index >= 15 is 0 Å². The highest BCUT2D eigenvalue weighted by Gasteiger charge is 2.15. The number of para-hydroxylation sites is 2. The van der Waals surface area contributed by atoms with Crippen molar-refractivity contribution in [1.82, 2.24) is 20.2 Å². The van der Waals surface area contributed by atoms with Gasteiger partial charge in [0.25, 0.3) is 5.91 Å². The molecule has 0 bridgehead atoms. The monoisotopic (exact) mass is 476 g/mol. The van der Waals surface area contributed by atoms with Crippen LogP contribution in [-0.2, 0) is 24.3 Å². The van der Waals surface area contributed by atoms with E-state index in [0.717, 1.165) is 28.2 Å². The normalized spacial score (nSPS) is 10.8. The van der Waals surface area contributed by atoms with Crippen molar-refractivity contribution in [1.29, 1.82) is 0 Å². The molecule has 174 valence electrons. The van der Waals surface area contributed by atoms with Gasteiger partial charge in [-0.2, -0.15) is 0 Å². The zero-order valence-corrected chi connectivity index (χ0v) is 19.5. The van der Waals surface area contributed by atoms with Crippen molar-refractivity contribution in [2.45, 2.75) is 19.5 Å². The van der Waals surface area contributed by atoms with Crippen LogP contribution in [0.4, 0.5) is 0 Å². The number of nitrogens with one attached hydrogen (secondary N) is 2. The van der Waals surface area contributed by atoms with Gasteiger partial charge in [-0.25, -0.2) is 4.98 Å². The van der Waals surface area contributed by atoms with Crippen molar-refractivity contribution in [3.05, 3.63) is 94.8 Å². The van der Waals surface area contributed by atoms with Gasteiger partial charge in [-0.1, -0.05) is 48.0 Å². The minimum Gasteiger partial charge on any atom is -0.497 e. The average molecular weight is 477 g/mol. The fourth-order valence-electron chi connectivity index (χ4n) is 3.66. The minimum absolute atomic E-state index is 0.125. The van der Waals surface area contributed by atoms with Crippen LogP contribution in [0.15, 0.2) is 72.8 Å². The second kappa shape index (κ2) is 10.9. The Balaban J connectivity index is 1.41. The molecule has 0 atom stereocenters. The Morgan fingerprint density at radius 1 is 0.971 bits per heavy atom. The van der Waals surface area contributed by atoms with E-state index in [1.165, 1.54) is 0 Å². The van der Waals surface area contributed by atoms with Gasteiger partial charge in [0.05, 0.1) is 28.7 Å². The van der Waals surface area contributed by atoms with Crippen LogP contribution in [0, 0.1) is 0 Å². The number of nitrogens with zero attached hydrogens (tertiary/aromatic N) is 2. The van der Waals surface area contributed by atoms with E-state index in [9.17, 15) is 9.59 Å². The quantitative estimate of drug-likeness (QED) is 0.382. The largest absolute Gasteiger partial charge is 0.497 e. The molecule has 34 heavy (non-hydrogen) atoms. The fraction of sp³-hybridized carbons (Fsp3) is 0.192. The first kappa shape index (κ1) is 23.3. The Morgan fingerprint density at radius 3 is 2.47 bits per heavy atom. The van der Waals surface area contributed by atoms with Gasteiger partial charge in [-0.3, -0.25) is 9.59 Å². The first-order valence-corrected chi connectivity index (χ1v) is 11.3. The second-order valence-electron chi connectivity index (χ2n) is 7.71. The van der Waals surface area contributed by atoms with E-state index in [4.69, 9.17) is 16.3 Å². The highest BCUT2D eigenvalue weighted by Crippen LogP contribution is 2.17. The van der Waals surface area contributed by atoms with Crippen molar-refractivity contribution in [2.75, 3.05) is 13.7 Å². The SMILES string of the molecule is COc1ccc(CNC(=O)Cn2c(CCNC(=O)c3ccccc3Cl)nc3ccccc32)cc1. The molecule has 0 saturated heterocycles. The third-order valence-corrected chi connectivity index (χ3v) is 5.77. The number of methoxy groups -OCH3 is 1. The molecule has 0 aliphatic heterocycles. The van der Waals surface area contributed by atoms with Crippen molar-refractivity contribution < 1.29 is 14.3 Å². The summed E-state index contributed by atoms with van der Waals surface area (Å²) < 4.78 is 7.06. The molecule has 7 nitrogen and oxygen atoms in total. The van der Waals surface area contributed by atoms with Gasteiger partial charge >= 0.3 is 0 Å². The maximum atomic E-state index is 12.7. The van der Waals surface area contributed by atoms with Gasteiger partial charge in [0.2, 0.25) is 5.91 Å². The van der Waals surface area contributed by atoms with E-state index in [0.29, 0.717) is 30.1 Å². The summed E-state index contributed by atoms with van der Waals surface area (Å²) in [6.45, 7) is 0.907. The molecule has 0 radical (unpaired) electrons. The van der Waals surface area contributed by atoms with Crippen LogP contribution in [0.2, 0.25) is 5.02 Å². The van der Waals surface area contributed by atoms with E-state index in [1.807, 2.05) is 53.1 Å². The summed E-state index contributed by atoms with van der Waals surface area (Å²) >= 11 is 6.11. The maximum absolute atomic E-state index is 12.7. The molecule has 2 amide bonds. The molecule has 3 aromatic carbocycles. The smallest absolute Gasteiger partial charge is 0.252 e. The van der Waals surface area contributed by atoms with E-state index in [-0.39, 0.29) is 18.4 Å². The number of benzene rings is 3. The number of hydrogen-bond donors (Lipinski definition) is 2. The third kappa shape index (κ3) is 5.55. The summed E-state index contributed by atoms with van der Waals surface area (Å²) in [6.07, 6.45) is 0.469. The van der Waals surface area contributed by atoms with Gasteiger partial charge < -0.3 is 19.9 Å². The molecule has 0 aliphatic rings. The predicted octanol–water partition coefficient (Wildman–Crippen LogP) is 3.99. The lowest BCUT2D eigenvalue weighted by atomic mass is 10.2. The fourth-order valence-corrected chi connectivity index (χ4v) is 3.89. The zero-order chi connectivity index (χ0) is 23.9. The van der Waals surface area contributed by atoms with Gasteiger partial charge in [0, 0.05) is 19.5 Å². The molecular weight excluding hydrogens is 452 g/mol. The molecule has 1 heterocycles. The Bertz CT molecular complexity index is 1300. The lowest BCUT2D eigenvalue weighted by Gasteiger charge is -2.11. The number of amides is 2. The van der Waals surface area contributed by atoms with Gasteiger partial charge in [-0.15, -0.1) is 0 Å². The van der Waals surface area contributed by atoms with Gasteiger partial charge in [0.1, 0.15) is 18.1 Å². The van der Waals surface area contributed by atoms with Gasteiger partial charge in [0.15, 0.2) is 0 Å². The number of carbonyl (C=O) groups is 2. The van der Waals surface area contributed by atoms with Crippen LogP contribution in [0.1, 0.15) is 21.7 Å². The Morgan fingerprint density at radius 2 is 1.71 bits per heavy atom. The molecule has 0 aliphatic carbocycles. The Kier molecular flexibility index (Phi) is 7.44. The molecule has 0 saturated carbocycles. The summed E-state index contributed by atoms with van der Waals surface area (Å²) in [6, 6.07) is 22.1. The van der Waals surface area contributed by atoms with E-state index in [1.54, 1.807) is 31.4 Å². The average Bonchev–Trinajstić information content (AvgIpc) is 3.20. The number of ether oxygens (including phenoxy) is 1. The first-order valence-electron chi connectivity index (χ1n) is 10.9. The summed E-state index contributed by atoms with van der Waals surface area (Å²) in [4.78, 5) is 29.9. The minimum atomic E-state index is -0.245. The summed E-state index contributed by atoms with van der Waals surface area (Å²) in [5.74, 6) is 1.12. The van der Waals surface area contributed by atoms with E-state index < -0.39 is 0 Å². The van der Waals surface area contributed by atoms with Crippen LogP contribution in [0.3, 0.4) is 0 Å². The highest BCUT2D eigenvalue weighted by molar-refractivity contribution is 6.33. The third-order valence-electron chi connectivity index (χ3n) is 5.44. The number of carbonyl (C=O) groups excluding carboxylic acids is 2.